The molecule has 2 heterocycles. The highest BCUT2D eigenvalue weighted by molar-refractivity contribution is 6.00. The molecule has 126 valence electrons. The third-order valence-electron chi connectivity index (χ3n) is 3.85. The molecule has 0 aromatic rings. The zero-order chi connectivity index (χ0) is 17.0. The summed E-state index contributed by atoms with van der Waals surface area (Å²) in [6, 6.07) is 0. The number of aliphatic hydroxyl groups is 2. The topological polar surface area (TPSA) is 93.1 Å². The molecule has 0 amide bonds. The number of aliphatic hydroxyl groups excluding tert-OH is 2. The minimum Gasteiger partial charge on any atom is -0.477 e. The van der Waals surface area contributed by atoms with Crippen LogP contribution in [0.5, 0.6) is 0 Å². The van der Waals surface area contributed by atoms with Crippen LogP contribution in [0.3, 0.4) is 0 Å². The van der Waals surface area contributed by atoms with E-state index in [9.17, 15) is 19.8 Å². The van der Waals surface area contributed by atoms with Crippen LogP contribution in [-0.2, 0) is 19.1 Å². The number of carbonyl (C=O) groups excluding carboxylic acids is 2. The molecule has 2 rings (SSSR count). The molecule has 6 nitrogen and oxygen atoms in total. The maximum Gasteiger partial charge on any atom is 0.335 e. The van der Waals surface area contributed by atoms with Crippen LogP contribution >= 0.6 is 0 Å². The van der Waals surface area contributed by atoms with Gasteiger partial charge in [-0.3, -0.25) is 4.79 Å². The number of hydrogen-bond donors (Lipinski definition) is 2. The highest BCUT2D eigenvalue weighted by Crippen LogP contribution is 2.31. The minimum absolute atomic E-state index is 0.0808. The quantitative estimate of drug-likeness (QED) is 0.563. The van der Waals surface area contributed by atoms with E-state index < -0.39 is 29.9 Å². The van der Waals surface area contributed by atoms with E-state index in [1.807, 2.05) is 19.1 Å². The van der Waals surface area contributed by atoms with Gasteiger partial charge in [0.15, 0.2) is 11.7 Å². The molecule has 23 heavy (non-hydrogen) atoms. The number of ether oxygens (including phenoxy) is 2. The van der Waals surface area contributed by atoms with Crippen molar-refractivity contribution < 1.29 is 29.3 Å². The van der Waals surface area contributed by atoms with Gasteiger partial charge >= 0.3 is 5.97 Å². The maximum absolute atomic E-state index is 12.1. The molecule has 6 heteroatoms. The van der Waals surface area contributed by atoms with E-state index in [1.54, 1.807) is 19.1 Å². The summed E-state index contributed by atoms with van der Waals surface area (Å²) in [6.45, 7) is 3.63. The van der Waals surface area contributed by atoms with Crippen molar-refractivity contribution in [1.82, 2.24) is 0 Å². The number of allylic oxidation sites excluding steroid dienone is 3. The molecule has 2 aliphatic rings. The molecule has 4 atom stereocenters. The monoisotopic (exact) mass is 322 g/mol. The van der Waals surface area contributed by atoms with E-state index in [4.69, 9.17) is 9.47 Å². The summed E-state index contributed by atoms with van der Waals surface area (Å²) in [7, 11) is 0. The predicted octanol–water partition coefficient (Wildman–Crippen LogP) is 1.18. The summed E-state index contributed by atoms with van der Waals surface area (Å²) in [5.41, 5.74) is -1.14. The van der Waals surface area contributed by atoms with Gasteiger partial charge < -0.3 is 19.7 Å². The number of rotatable bonds is 6. The first-order chi connectivity index (χ1) is 10.9. The highest BCUT2D eigenvalue weighted by atomic mass is 16.6. The Balaban J connectivity index is 1.95. The molecule has 2 N–H and O–H groups in total. The molecule has 0 radical (unpaired) electrons. The average Bonchev–Trinajstić information content (AvgIpc) is 2.96. The van der Waals surface area contributed by atoms with Gasteiger partial charge in [-0.05, 0) is 19.4 Å². The van der Waals surface area contributed by atoms with Crippen LogP contribution in [0.4, 0.5) is 0 Å². The molecule has 0 bridgehead atoms. The molecule has 1 fully saturated rings. The van der Waals surface area contributed by atoms with Gasteiger partial charge in [-0.1, -0.05) is 25.2 Å². The zero-order valence-corrected chi connectivity index (χ0v) is 13.3. The first-order valence-electron chi connectivity index (χ1n) is 7.71. The van der Waals surface area contributed by atoms with Gasteiger partial charge in [0.05, 0.1) is 0 Å². The molecule has 1 saturated heterocycles. The number of ketones is 1. The lowest BCUT2D eigenvalue weighted by Crippen LogP contribution is -2.31. The summed E-state index contributed by atoms with van der Waals surface area (Å²) < 4.78 is 10.5. The molecule has 0 aliphatic carbocycles. The van der Waals surface area contributed by atoms with Crippen molar-refractivity contribution >= 4 is 11.8 Å². The molecule has 2 aliphatic heterocycles. The third kappa shape index (κ3) is 4.09. The lowest BCUT2D eigenvalue weighted by atomic mass is 10.0. The molecular weight excluding hydrogens is 300 g/mol. The predicted molar refractivity (Wildman–Crippen MR) is 82.3 cm³/mol. The standard InChI is InChI=1S/C17H22O6/c1-3-4-5-6-7-17(2)15(20)10-14(23-17)12(18)8-11-9-13(19)16(21)22-11/h4-7,10-13,18-19H,3,8-9H2,1-2H3/b5-4+,7-6+/t11?,12?,13?,17-/m0/s1. The Kier molecular flexibility index (Phi) is 5.38. The summed E-state index contributed by atoms with van der Waals surface area (Å²) in [5, 5.41) is 19.5. The number of esters is 1. The van der Waals surface area contributed by atoms with Crippen molar-refractivity contribution in [2.75, 3.05) is 0 Å². The van der Waals surface area contributed by atoms with Crippen LogP contribution in [0.15, 0.2) is 36.1 Å². The summed E-state index contributed by atoms with van der Waals surface area (Å²) in [4.78, 5) is 23.2. The van der Waals surface area contributed by atoms with E-state index in [0.717, 1.165) is 6.42 Å². The fourth-order valence-electron chi connectivity index (χ4n) is 2.48. The molecule has 0 spiro atoms. The van der Waals surface area contributed by atoms with Crippen LogP contribution in [0.1, 0.15) is 33.1 Å². The minimum atomic E-state index is -1.15. The second-order valence-electron chi connectivity index (χ2n) is 5.88. The van der Waals surface area contributed by atoms with E-state index >= 15 is 0 Å². The molecular formula is C17H22O6. The summed E-state index contributed by atoms with van der Waals surface area (Å²) in [5.74, 6) is -0.787. The Hall–Kier alpha value is -1.92. The highest BCUT2D eigenvalue weighted by Gasteiger charge is 2.41. The van der Waals surface area contributed by atoms with Crippen LogP contribution in [0, 0.1) is 0 Å². The zero-order valence-electron chi connectivity index (χ0n) is 13.3. The second-order valence-corrected chi connectivity index (χ2v) is 5.88. The Morgan fingerprint density at radius 3 is 2.78 bits per heavy atom. The smallest absolute Gasteiger partial charge is 0.335 e. The van der Waals surface area contributed by atoms with E-state index in [1.165, 1.54) is 6.08 Å². The van der Waals surface area contributed by atoms with Crippen molar-refractivity contribution in [2.24, 2.45) is 0 Å². The lowest BCUT2D eigenvalue weighted by Gasteiger charge is -2.22. The first kappa shape index (κ1) is 17.4. The largest absolute Gasteiger partial charge is 0.477 e. The fraction of sp³-hybridized carbons (Fsp3) is 0.529. The van der Waals surface area contributed by atoms with E-state index in [-0.39, 0.29) is 24.4 Å². The van der Waals surface area contributed by atoms with Gasteiger partial charge in [0.25, 0.3) is 0 Å². The Morgan fingerprint density at radius 2 is 2.17 bits per heavy atom. The molecule has 0 aromatic carbocycles. The van der Waals surface area contributed by atoms with Gasteiger partial charge in [-0.15, -0.1) is 0 Å². The summed E-state index contributed by atoms with van der Waals surface area (Å²) in [6.07, 6.45) is 6.73. The number of carbonyl (C=O) groups is 2. The first-order valence-corrected chi connectivity index (χ1v) is 7.71. The number of cyclic esters (lactones) is 1. The molecule has 3 unspecified atom stereocenters. The molecule has 0 aromatic heterocycles. The van der Waals surface area contributed by atoms with Crippen molar-refractivity contribution in [3.05, 3.63) is 36.1 Å². The number of hydrogen-bond acceptors (Lipinski definition) is 6. The van der Waals surface area contributed by atoms with Gasteiger partial charge in [0.2, 0.25) is 5.78 Å². The van der Waals surface area contributed by atoms with Gasteiger partial charge in [0.1, 0.15) is 18.0 Å². The van der Waals surface area contributed by atoms with Crippen molar-refractivity contribution in [3.8, 4) is 0 Å². The Bertz CT molecular complexity index is 561. The van der Waals surface area contributed by atoms with E-state index in [2.05, 4.69) is 0 Å². The van der Waals surface area contributed by atoms with Gasteiger partial charge in [0, 0.05) is 18.9 Å². The maximum atomic E-state index is 12.1. The van der Waals surface area contributed by atoms with E-state index in [0.29, 0.717) is 0 Å². The SMILES string of the molecule is CC/C=C/C=C/[C@]1(C)OC(C(O)CC2CC(O)C(=O)O2)=CC1=O. The van der Waals surface area contributed by atoms with Crippen LogP contribution in [0.25, 0.3) is 0 Å². The third-order valence-corrected chi connectivity index (χ3v) is 3.85. The summed E-state index contributed by atoms with van der Waals surface area (Å²) >= 11 is 0. The average molecular weight is 322 g/mol. The fourth-order valence-corrected chi connectivity index (χ4v) is 2.48. The molecule has 0 saturated carbocycles. The van der Waals surface area contributed by atoms with Crippen LogP contribution < -0.4 is 0 Å². The van der Waals surface area contributed by atoms with Crippen molar-refractivity contribution in [2.45, 2.75) is 57.0 Å². The van der Waals surface area contributed by atoms with Crippen LogP contribution in [0.2, 0.25) is 0 Å². The van der Waals surface area contributed by atoms with Crippen molar-refractivity contribution in [1.29, 1.82) is 0 Å². The lowest BCUT2D eigenvalue weighted by molar-refractivity contribution is -0.148. The van der Waals surface area contributed by atoms with Crippen LogP contribution in [-0.4, -0.2) is 45.9 Å². The Labute approximate surface area is 135 Å². The van der Waals surface area contributed by atoms with Crippen molar-refractivity contribution in [3.63, 3.8) is 0 Å². The normalized spacial score (nSPS) is 32.4. The van der Waals surface area contributed by atoms with Gasteiger partial charge in [-0.25, -0.2) is 4.79 Å². The van der Waals surface area contributed by atoms with Gasteiger partial charge in [-0.2, -0.15) is 0 Å². The Morgan fingerprint density at radius 1 is 1.43 bits per heavy atom. The second kappa shape index (κ2) is 7.10.